The summed E-state index contributed by atoms with van der Waals surface area (Å²) in [5.74, 6) is 0.902. The lowest BCUT2D eigenvalue weighted by molar-refractivity contribution is 1.10. The van der Waals surface area contributed by atoms with Gasteiger partial charge >= 0.3 is 0 Å². The Morgan fingerprint density at radius 1 is 0.254 bits per heavy atom. The van der Waals surface area contributed by atoms with Crippen molar-refractivity contribution in [3.8, 4) is 50.7 Å². The van der Waals surface area contributed by atoms with Gasteiger partial charge in [-0.2, -0.15) is 0 Å². The molecule has 0 fully saturated rings. The Morgan fingerprint density at radius 2 is 0.678 bits per heavy atom. The van der Waals surface area contributed by atoms with Crippen LogP contribution >= 0.6 is 0 Å². The quantitative estimate of drug-likeness (QED) is 0.166. The molecule has 0 spiro atoms. The molecule has 0 aliphatic heterocycles. The Kier molecular flexibility index (Phi) is 7.50. The number of benzene rings is 9. The van der Waals surface area contributed by atoms with Gasteiger partial charge in [0, 0.05) is 44.2 Å². The van der Waals surface area contributed by atoms with Crippen molar-refractivity contribution in [2.24, 2.45) is 0 Å². The van der Waals surface area contributed by atoms with E-state index < -0.39 is 0 Å². The maximum atomic E-state index is 5.30. The normalized spacial score (nSPS) is 11.7. The molecule has 12 rings (SSSR count). The van der Waals surface area contributed by atoms with Gasteiger partial charge in [0.2, 0.25) is 0 Å². The van der Waals surface area contributed by atoms with E-state index in [9.17, 15) is 0 Å². The van der Waals surface area contributed by atoms with Crippen LogP contribution < -0.4 is 0 Å². The molecular weight excluding hydrogens is 717 g/mol. The Bertz CT molecular complexity index is 3330. The first-order valence-electron chi connectivity index (χ1n) is 20.1. The lowest BCUT2D eigenvalue weighted by atomic mass is 10.0. The van der Waals surface area contributed by atoms with E-state index in [1.165, 1.54) is 54.7 Å². The number of fused-ring (bicyclic) bond motifs is 7. The van der Waals surface area contributed by atoms with E-state index >= 15 is 0 Å². The summed E-state index contributed by atoms with van der Waals surface area (Å²) in [6.45, 7) is 0. The number of hydrogen-bond acceptors (Lipinski definition) is 1. The Hall–Kier alpha value is -7.95. The van der Waals surface area contributed by atoms with Crippen molar-refractivity contribution < 1.29 is 0 Å². The molecule has 3 heterocycles. The van der Waals surface area contributed by atoms with Crippen LogP contribution in [-0.2, 0) is 0 Å². The zero-order valence-electron chi connectivity index (χ0n) is 32.1. The van der Waals surface area contributed by atoms with Gasteiger partial charge in [0.25, 0.3) is 0 Å². The second kappa shape index (κ2) is 13.3. The van der Waals surface area contributed by atoms with Gasteiger partial charge < -0.3 is 9.13 Å². The van der Waals surface area contributed by atoms with Gasteiger partial charge in [-0.3, -0.25) is 4.57 Å². The van der Waals surface area contributed by atoms with E-state index in [4.69, 9.17) is 4.98 Å². The molecule has 59 heavy (non-hydrogen) atoms. The zero-order valence-corrected chi connectivity index (χ0v) is 32.1. The van der Waals surface area contributed by atoms with Crippen molar-refractivity contribution in [3.05, 3.63) is 218 Å². The van der Waals surface area contributed by atoms with Crippen LogP contribution in [-0.4, -0.2) is 18.7 Å². The van der Waals surface area contributed by atoms with Gasteiger partial charge in [-0.15, -0.1) is 0 Å². The van der Waals surface area contributed by atoms with E-state index in [1.807, 2.05) is 0 Å². The standard InChI is InChI=1S/C55H36N4/c1-2-16-37(17-3-1)39-19-15-21-42(33-39)59-54-31-13-8-26-49(54)56-55(59)40-20-14-18-38(32-40)41-34-43(57-50-27-9-4-22-45(50)46-23-5-10-28-51(46)57)36-44(35-41)58-52-29-11-6-24-47(52)48-25-7-12-30-53(48)58/h1-36H. The fourth-order valence-corrected chi connectivity index (χ4v) is 9.20. The summed E-state index contributed by atoms with van der Waals surface area (Å²) >= 11 is 0. The largest absolute Gasteiger partial charge is 0.309 e. The number of nitrogens with zero attached hydrogens (tertiary/aromatic N) is 4. The fraction of sp³-hybridized carbons (Fsp3) is 0. The number of rotatable bonds is 6. The van der Waals surface area contributed by atoms with Crippen molar-refractivity contribution >= 4 is 54.6 Å². The molecule has 0 radical (unpaired) electrons. The molecule has 4 heteroatoms. The molecule has 0 aliphatic carbocycles. The van der Waals surface area contributed by atoms with E-state index in [-0.39, 0.29) is 0 Å². The predicted molar refractivity (Wildman–Crippen MR) is 246 cm³/mol. The Morgan fingerprint density at radius 3 is 1.25 bits per heavy atom. The highest BCUT2D eigenvalue weighted by atomic mass is 15.1. The van der Waals surface area contributed by atoms with E-state index in [1.54, 1.807) is 0 Å². The highest BCUT2D eigenvalue weighted by Gasteiger charge is 2.19. The number of hydrogen-bond donors (Lipinski definition) is 0. The average Bonchev–Trinajstić information content (AvgIpc) is 3.98. The molecular formula is C55H36N4. The summed E-state index contributed by atoms with van der Waals surface area (Å²) in [6, 6.07) is 78.7. The second-order valence-corrected chi connectivity index (χ2v) is 15.2. The summed E-state index contributed by atoms with van der Waals surface area (Å²) in [5, 5.41) is 4.96. The van der Waals surface area contributed by atoms with Crippen molar-refractivity contribution in [3.63, 3.8) is 0 Å². The first-order valence-corrected chi connectivity index (χ1v) is 20.1. The molecule has 4 nitrogen and oxygen atoms in total. The van der Waals surface area contributed by atoms with Crippen LogP contribution in [0, 0.1) is 0 Å². The lowest BCUT2D eigenvalue weighted by Gasteiger charge is -2.16. The number of imidazole rings is 1. The van der Waals surface area contributed by atoms with Gasteiger partial charge in [-0.1, -0.05) is 146 Å². The molecule has 12 aromatic rings. The third-order valence-corrected chi connectivity index (χ3v) is 11.8. The average molecular weight is 753 g/mol. The molecule has 0 saturated heterocycles. The molecule has 276 valence electrons. The molecule has 0 N–H and O–H groups in total. The minimum atomic E-state index is 0.902. The van der Waals surface area contributed by atoms with E-state index in [0.717, 1.165) is 50.6 Å². The molecule has 9 aromatic carbocycles. The van der Waals surface area contributed by atoms with E-state index in [0.29, 0.717) is 0 Å². The van der Waals surface area contributed by atoms with Crippen LogP contribution in [0.5, 0.6) is 0 Å². The second-order valence-electron chi connectivity index (χ2n) is 15.2. The highest BCUT2D eigenvalue weighted by Crippen LogP contribution is 2.39. The van der Waals surface area contributed by atoms with Crippen molar-refractivity contribution in [1.29, 1.82) is 0 Å². The molecule has 0 atom stereocenters. The SMILES string of the molecule is c1ccc(-c2cccc(-n3c(-c4cccc(-c5cc(-n6c7ccccc7c7ccccc76)cc(-n6c7ccccc7c7ccccc76)c5)c4)nc4ccccc43)c2)cc1. The third-order valence-electron chi connectivity index (χ3n) is 11.8. The summed E-state index contributed by atoms with van der Waals surface area (Å²) < 4.78 is 7.15. The maximum absolute atomic E-state index is 5.30. The first-order chi connectivity index (χ1) is 29.3. The van der Waals surface area contributed by atoms with E-state index in [2.05, 4.69) is 232 Å². The summed E-state index contributed by atoms with van der Waals surface area (Å²) in [7, 11) is 0. The predicted octanol–water partition coefficient (Wildman–Crippen LogP) is 14.2. The van der Waals surface area contributed by atoms with Crippen molar-refractivity contribution in [1.82, 2.24) is 18.7 Å². The van der Waals surface area contributed by atoms with Crippen molar-refractivity contribution in [2.45, 2.75) is 0 Å². The molecule has 0 unspecified atom stereocenters. The van der Waals surface area contributed by atoms with Crippen LogP contribution in [0.15, 0.2) is 218 Å². The van der Waals surface area contributed by atoms with Gasteiger partial charge in [-0.05, 0) is 95.1 Å². The Labute approximate surface area is 341 Å². The molecule has 0 saturated carbocycles. The van der Waals surface area contributed by atoms with Crippen LogP contribution in [0.1, 0.15) is 0 Å². The number of para-hydroxylation sites is 6. The summed E-state index contributed by atoms with van der Waals surface area (Å²) in [4.78, 5) is 5.30. The minimum absolute atomic E-state index is 0.902. The smallest absolute Gasteiger partial charge is 0.145 e. The van der Waals surface area contributed by atoms with Crippen LogP contribution in [0.3, 0.4) is 0 Å². The summed E-state index contributed by atoms with van der Waals surface area (Å²) in [5.41, 5.74) is 15.7. The fourth-order valence-electron chi connectivity index (χ4n) is 9.20. The lowest BCUT2D eigenvalue weighted by Crippen LogP contribution is -2.00. The minimum Gasteiger partial charge on any atom is -0.309 e. The van der Waals surface area contributed by atoms with Crippen molar-refractivity contribution in [2.75, 3.05) is 0 Å². The summed E-state index contributed by atoms with van der Waals surface area (Å²) in [6.07, 6.45) is 0. The monoisotopic (exact) mass is 752 g/mol. The molecule has 0 amide bonds. The molecule has 0 aliphatic rings. The van der Waals surface area contributed by atoms with Crippen LogP contribution in [0.4, 0.5) is 0 Å². The Balaban J connectivity index is 1.10. The number of aromatic nitrogens is 4. The molecule has 3 aromatic heterocycles. The van der Waals surface area contributed by atoms with Gasteiger partial charge in [0.15, 0.2) is 0 Å². The van der Waals surface area contributed by atoms with Crippen LogP contribution in [0.2, 0.25) is 0 Å². The highest BCUT2D eigenvalue weighted by molar-refractivity contribution is 6.10. The van der Waals surface area contributed by atoms with Gasteiger partial charge in [0.1, 0.15) is 5.82 Å². The van der Waals surface area contributed by atoms with Gasteiger partial charge in [0.05, 0.1) is 33.1 Å². The molecule has 0 bridgehead atoms. The topological polar surface area (TPSA) is 27.7 Å². The first kappa shape index (κ1) is 33.2. The third kappa shape index (κ3) is 5.34. The zero-order chi connectivity index (χ0) is 38.9. The van der Waals surface area contributed by atoms with Crippen LogP contribution in [0.25, 0.3) is 105 Å². The maximum Gasteiger partial charge on any atom is 0.145 e. The van der Waals surface area contributed by atoms with Gasteiger partial charge in [-0.25, -0.2) is 4.98 Å².